The second kappa shape index (κ2) is 5.32. The van der Waals surface area contributed by atoms with E-state index in [1.54, 1.807) is 0 Å². The topological polar surface area (TPSA) is 55.8 Å². The Morgan fingerprint density at radius 1 is 1.21 bits per heavy atom. The summed E-state index contributed by atoms with van der Waals surface area (Å²) in [7, 11) is 0. The van der Waals surface area contributed by atoms with Crippen molar-refractivity contribution in [3.8, 4) is 0 Å². The van der Waals surface area contributed by atoms with Crippen LogP contribution >= 0.6 is 11.6 Å². The molecule has 0 radical (unpaired) electrons. The maximum Gasteiger partial charge on any atom is 0.314 e. The smallest absolute Gasteiger partial charge is 0.314 e. The van der Waals surface area contributed by atoms with Crippen molar-refractivity contribution in [2.45, 2.75) is 57.5 Å². The van der Waals surface area contributed by atoms with Gasteiger partial charge in [-0.3, -0.25) is 4.79 Å². The molecule has 2 aliphatic carbocycles. The molecule has 0 aromatic heterocycles. The van der Waals surface area contributed by atoms with E-state index in [4.69, 9.17) is 21.1 Å². The minimum atomic E-state index is -0.898. The Bertz CT molecular complexity index is 731. The fourth-order valence-electron chi connectivity index (χ4n) is 4.31. The molecule has 1 aromatic carbocycles. The Balaban J connectivity index is 1.91. The van der Waals surface area contributed by atoms with E-state index in [0.717, 1.165) is 23.1 Å². The van der Waals surface area contributed by atoms with Gasteiger partial charge in [0.1, 0.15) is 0 Å². The van der Waals surface area contributed by atoms with Gasteiger partial charge in [-0.25, -0.2) is 0 Å². The van der Waals surface area contributed by atoms with E-state index >= 15 is 0 Å². The Hall–Kier alpha value is -1.36. The van der Waals surface area contributed by atoms with Gasteiger partial charge in [0, 0.05) is 17.0 Å². The van der Waals surface area contributed by atoms with Gasteiger partial charge in [-0.05, 0) is 56.4 Å². The third-order valence-corrected chi connectivity index (χ3v) is 6.13. The number of ether oxygens (including phenoxy) is 2. The first-order valence-corrected chi connectivity index (χ1v) is 8.85. The number of fused-ring (bicyclic) bond motifs is 3. The van der Waals surface area contributed by atoms with E-state index in [-0.39, 0.29) is 12.2 Å². The lowest BCUT2D eigenvalue weighted by Gasteiger charge is -2.44. The Labute approximate surface area is 146 Å². The zero-order valence-corrected chi connectivity index (χ0v) is 14.6. The van der Waals surface area contributed by atoms with Gasteiger partial charge in [0.2, 0.25) is 0 Å². The number of carboxylic acids is 1. The van der Waals surface area contributed by atoms with E-state index in [1.807, 2.05) is 38.1 Å². The first kappa shape index (κ1) is 16.1. The lowest BCUT2D eigenvalue weighted by molar-refractivity contribution is -0.159. The van der Waals surface area contributed by atoms with Crippen LogP contribution in [-0.2, 0) is 20.7 Å². The van der Waals surface area contributed by atoms with Gasteiger partial charge < -0.3 is 14.6 Å². The molecule has 1 saturated heterocycles. The summed E-state index contributed by atoms with van der Waals surface area (Å²) < 4.78 is 12.2. The number of halogens is 1. The van der Waals surface area contributed by atoms with Crippen molar-refractivity contribution in [1.29, 1.82) is 0 Å². The second-order valence-electron chi connectivity index (χ2n) is 7.18. The highest BCUT2D eigenvalue weighted by molar-refractivity contribution is 6.32. The van der Waals surface area contributed by atoms with Gasteiger partial charge in [0.25, 0.3) is 0 Å². The molecule has 5 heteroatoms. The molecule has 3 atom stereocenters. The molecule has 0 amide bonds. The van der Waals surface area contributed by atoms with Crippen LogP contribution in [0.3, 0.4) is 0 Å². The van der Waals surface area contributed by atoms with Crippen molar-refractivity contribution >= 4 is 23.1 Å². The average molecular weight is 349 g/mol. The van der Waals surface area contributed by atoms with Crippen LogP contribution in [0.15, 0.2) is 24.3 Å². The van der Waals surface area contributed by atoms with Crippen molar-refractivity contribution in [3.63, 3.8) is 0 Å². The molecule has 1 heterocycles. The number of carbonyl (C=O) groups is 1. The molecule has 4 nitrogen and oxygen atoms in total. The normalized spacial score (nSPS) is 37.7. The molecule has 128 valence electrons. The summed E-state index contributed by atoms with van der Waals surface area (Å²) in [4.78, 5) is 12.2. The molecule has 24 heavy (non-hydrogen) atoms. The van der Waals surface area contributed by atoms with Crippen molar-refractivity contribution in [2.75, 3.05) is 0 Å². The molecule has 1 aromatic rings. The highest BCUT2D eigenvalue weighted by atomic mass is 35.5. The molecule has 1 aliphatic heterocycles. The summed E-state index contributed by atoms with van der Waals surface area (Å²) in [5, 5.41) is 10.6. The monoisotopic (exact) mass is 348 g/mol. The molecule has 3 aliphatic rings. The summed E-state index contributed by atoms with van der Waals surface area (Å²) in [6.45, 7) is 3.97. The van der Waals surface area contributed by atoms with Crippen molar-refractivity contribution in [1.82, 2.24) is 0 Å². The largest absolute Gasteiger partial charge is 0.481 e. The van der Waals surface area contributed by atoms with Gasteiger partial charge in [0.05, 0.1) is 17.6 Å². The van der Waals surface area contributed by atoms with Crippen molar-refractivity contribution < 1.29 is 19.4 Å². The quantitative estimate of drug-likeness (QED) is 0.831. The predicted molar refractivity (Wildman–Crippen MR) is 90.9 cm³/mol. The van der Waals surface area contributed by atoms with Crippen LogP contribution in [0.5, 0.6) is 0 Å². The van der Waals surface area contributed by atoms with Crippen LogP contribution < -0.4 is 0 Å². The van der Waals surface area contributed by atoms with Gasteiger partial charge >= 0.3 is 5.97 Å². The lowest BCUT2D eigenvalue weighted by Crippen LogP contribution is -2.44. The molecular formula is C19H21ClO4. The van der Waals surface area contributed by atoms with E-state index in [0.29, 0.717) is 24.3 Å². The van der Waals surface area contributed by atoms with Crippen molar-refractivity contribution in [2.24, 2.45) is 5.41 Å². The lowest BCUT2D eigenvalue weighted by atomic mass is 9.62. The molecule has 0 saturated carbocycles. The van der Waals surface area contributed by atoms with E-state index < -0.39 is 17.2 Å². The third-order valence-electron chi connectivity index (χ3n) is 5.81. The minimum absolute atomic E-state index is 0.0199. The van der Waals surface area contributed by atoms with Crippen LogP contribution in [0.2, 0.25) is 5.02 Å². The third kappa shape index (κ3) is 2.17. The predicted octanol–water partition coefficient (Wildman–Crippen LogP) is 4.05. The fourth-order valence-corrected chi connectivity index (χ4v) is 4.61. The second-order valence-corrected chi connectivity index (χ2v) is 7.58. The molecule has 0 bridgehead atoms. The average Bonchev–Trinajstić information content (AvgIpc) is 2.81. The standard InChI is InChI=1S/C19H21ClO4/c1-11-12(2)24-19(23-11)9-8-18(17(21)22)7-6-13-4-3-5-15(20)16(13)14(18)10-19/h3-5,10-12H,6-9H2,1-2H3,(H,21,22). The first-order valence-electron chi connectivity index (χ1n) is 8.47. The maximum absolute atomic E-state index is 12.2. The molecule has 4 rings (SSSR count). The van der Waals surface area contributed by atoms with Crippen LogP contribution in [0, 0.1) is 5.41 Å². The summed E-state index contributed by atoms with van der Waals surface area (Å²) in [5.74, 6) is -1.62. The molecule has 3 unspecified atom stereocenters. The summed E-state index contributed by atoms with van der Waals surface area (Å²) in [5.41, 5.74) is 1.81. The number of rotatable bonds is 1. The molecule has 1 spiro atoms. The molecule has 1 fully saturated rings. The molecular weight excluding hydrogens is 328 g/mol. The Kier molecular flexibility index (Phi) is 3.57. The van der Waals surface area contributed by atoms with Crippen LogP contribution in [0.4, 0.5) is 0 Å². The van der Waals surface area contributed by atoms with E-state index in [2.05, 4.69) is 0 Å². The highest BCUT2D eigenvalue weighted by Crippen LogP contribution is 2.56. The number of carboxylic acid groups (broad SMARTS) is 1. The van der Waals surface area contributed by atoms with Crippen LogP contribution in [0.25, 0.3) is 5.57 Å². The number of benzene rings is 1. The van der Waals surface area contributed by atoms with Gasteiger partial charge in [-0.2, -0.15) is 0 Å². The summed E-state index contributed by atoms with van der Waals surface area (Å²) in [6.07, 6.45) is 4.22. The van der Waals surface area contributed by atoms with Gasteiger partial charge in [-0.1, -0.05) is 23.7 Å². The fraction of sp³-hybridized carbons (Fsp3) is 0.526. The number of aryl methyl sites for hydroxylation is 1. The zero-order valence-electron chi connectivity index (χ0n) is 13.8. The summed E-state index contributed by atoms with van der Waals surface area (Å²) in [6, 6.07) is 5.76. The Morgan fingerprint density at radius 2 is 1.92 bits per heavy atom. The van der Waals surface area contributed by atoms with Gasteiger partial charge in [0.15, 0.2) is 5.79 Å². The maximum atomic E-state index is 12.2. The SMILES string of the molecule is CC1OC2(C=C3c4c(Cl)cccc4CCC3(C(=O)O)CC2)OC1C. The van der Waals surface area contributed by atoms with Gasteiger partial charge in [-0.15, -0.1) is 0 Å². The first-order chi connectivity index (χ1) is 11.4. The highest BCUT2D eigenvalue weighted by Gasteiger charge is 2.54. The zero-order chi connectivity index (χ0) is 17.1. The Morgan fingerprint density at radius 3 is 2.58 bits per heavy atom. The van der Waals surface area contributed by atoms with Crippen LogP contribution in [0.1, 0.15) is 44.2 Å². The molecule has 1 N–H and O–H groups in total. The van der Waals surface area contributed by atoms with E-state index in [9.17, 15) is 9.90 Å². The van der Waals surface area contributed by atoms with Crippen molar-refractivity contribution in [3.05, 3.63) is 40.4 Å². The number of aliphatic carboxylic acids is 1. The van der Waals surface area contributed by atoms with E-state index in [1.165, 1.54) is 0 Å². The minimum Gasteiger partial charge on any atom is -0.481 e. The summed E-state index contributed by atoms with van der Waals surface area (Å²) >= 11 is 6.47. The number of hydrogen-bond acceptors (Lipinski definition) is 3. The van der Waals surface area contributed by atoms with Crippen LogP contribution in [-0.4, -0.2) is 29.1 Å². The number of hydrogen-bond donors (Lipinski definition) is 1.